The van der Waals surface area contributed by atoms with Gasteiger partial charge in [-0.3, -0.25) is 4.79 Å². The molecule has 7 heteroatoms. The minimum atomic E-state index is -0.836. The molecule has 0 saturated carbocycles. The van der Waals surface area contributed by atoms with E-state index in [1.54, 1.807) is 18.2 Å². The molecular weight excluding hydrogens is 373 g/mol. The topological polar surface area (TPSA) is 64.6 Å². The van der Waals surface area contributed by atoms with Crippen LogP contribution in [0, 0.1) is 5.82 Å². The molecular formula is C20H19ClFNO4. The van der Waals surface area contributed by atoms with E-state index in [2.05, 4.69) is 5.32 Å². The number of carbonyl (C=O) groups is 2. The lowest BCUT2D eigenvalue weighted by molar-refractivity contribution is -0.125. The lowest BCUT2D eigenvalue weighted by Gasteiger charge is -2.36. The first-order valence-electron chi connectivity index (χ1n) is 8.49. The van der Waals surface area contributed by atoms with Crippen molar-refractivity contribution in [3.63, 3.8) is 0 Å². The van der Waals surface area contributed by atoms with E-state index in [0.717, 1.165) is 5.56 Å². The fourth-order valence-corrected chi connectivity index (χ4v) is 3.45. The van der Waals surface area contributed by atoms with Crippen LogP contribution in [0.5, 0.6) is 0 Å². The fraction of sp³-hybridized carbons (Fsp3) is 0.300. The quantitative estimate of drug-likeness (QED) is 0.801. The molecule has 1 saturated heterocycles. The molecule has 0 atom stereocenters. The van der Waals surface area contributed by atoms with Crippen LogP contribution in [0.1, 0.15) is 28.8 Å². The van der Waals surface area contributed by atoms with E-state index in [1.807, 2.05) is 0 Å². The van der Waals surface area contributed by atoms with Crippen LogP contribution in [-0.4, -0.2) is 32.2 Å². The van der Waals surface area contributed by atoms with Crippen LogP contribution in [0.15, 0.2) is 42.5 Å². The summed E-state index contributed by atoms with van der Waals surface area (Å²) in [5, 5.41) is 3.09. The van der Waals surface area contributed by atoms with Crippen molar-refractivity contribution in [3.8, 4) is 0 Å². The number of hydrogen-bond donors (Lipinski definition) is 1. The zero-order chi connectivity index (χ0) is 19.4. The maximum Gasteiger partial charge on any atom is 0.339 e. The van der Waals surface area contributed by atoms with Gasteiger partial charge in [0.25, 0.3) is 0 Å². The van der Waals surface area contributed by atoms with Gasteiger partial charge in [-0.25, -0.2) is 9.18 Å². The third-order valence-corrected chi connectivity index (χ3v) is 5.14. The number of hydrogen-bond acceptors (Lipinski definition) is 4. The molecule has 1 heterocycles. The van der Waals surface area contributed by atoms with Crippen molar-refractivity contribution in [2.45, 2.75) is 18.3 Å². The molecule has 3 rings (SSSR count). The number of nitrogens with one attached hydrogen (secondary N) is 1. The summed E-state index contributed by atoms with van der Waals surface area (Å²) in [5.74, 6) is -1.19. The van der Waals surface area contributed by atoms with Crippen molar-refractivity contribution in [2.75, 3.05) is 25.6 Å². The number of benzene rings is 2. The summed E-state index contributed by atoms with van der Waals surface area (Å²) in [6.07, 6.45) is 0.948. The van der Waals surface area contributed by atoms with Crippen LogP contribution in [0.25, 0.3) is 0 Å². The van der Waals surface area contributed by atoms with Crippen molar-refractivity contribution >= 4 is 29.2 Å². The highest BCUT2D eigenvalue weighted by molar-refractivity contribution is 6.33. The first-order valence-corrected chi connectivity index (χ1v) is 8.87. The molecule has 0 unspecified atom stereocenters. The molecule has 1 N–H and O–H groups in total. The molecule has 0 spiro atoms. The van der Waals surface area contributed by atoms with Gasteiger partial charge in [0.2, 0.25) is 5.91 Å². The van der Waals surface area contributed by atoms with E-state index in [9.17, 15) is 14.0 Å². The van der Waals surface area contributed by atoms with Gasteiger partial charge in [0, 0.05) is 18.9 Å². The van der Waals surface area contributed by atoms with Crippen molar-refractivity contribution in [3.05, 3.63) is 64.4 Å². The molecule has 1 fully saturated rings. The van der Waals surface area contributed by atoms with Gasteiger partial charge in [-0.05, 0) is 48.7 Å². The Morgan fingerprint density at radius 3 is 2.44 bits per heavy atom. The Morgan fingerprint density at radius 1 is 1.15 bits per heavy atom. The number of rotatable bonds is 4. The van der Waals surface area contributed by atoms with E-state index in [1.165, 1.54) is 31.4 Å². The molecule has 1 aliphatic rings. The standard InChI is InChI=1S/C20H19ClFNO4/c1-26-18(24)16-12-15(6-7-17(16)21)23-19(25)20(8-10-27-11-9-20)13-2-4-14(22)5-3-13/h2-7,12H,8-11H2,1H3,(H,23,25). The van der Waals surface area contributed by atoms with Crippen molar-refractivity contribution in [1.29, 1.82) is 0 Å². The minimum absolute atomic E-state index is 0.166. The van der Waals surface area contributed by atoms with E-state index < -0.39 is 11.4 Å². The fourth-order valence-electron chi connectivity index (χ4n) is 3.26. The zero-order valence-corrected chi connectivity index (χ0v) is 15.5. The summed E-state index contributed by atoms with van der Waals surface area (Å²) < 4.78 is 23.5. The third-order valence-electron chi connectivity index (χ3n) is 4.81. The van der Waals surface area contributed by atoms with E-state index >= 15 is 0 Å². The second kappa shape index (κ2) is 8.06. The molecule has 1 aliphatic heterocycles. The van der Waals surface area contributed by atoms with Gasteiger partial charge in [0.05, 0.1) is 23.1 Å². The molecule has 2 aromatic carbocycles. The normalized spacial score (nSPS) is 15.8. The summed E-state index contributed by atoms with van der Waals surface area (Å²) in [4.78, 5) is 25.0. The predicted octanol–water partition coefficient (Wildman–Crippen LogP) is 3.95. The van der Waals surface area contributed by atoms with Crippen LogP contribution >= 0.6 is 11.6 Å². The van der Waals surface area contributed by atoms with Crippen molar-refractivity contribution in [1.82, 2.24) is 0 Å². The van der Waals surface area contributed by atoms with Gasteiger partial charge in [0.1, 0.15) is 5.82 Å². The second-order valence-corrected chi connectivity index (χ2v) is 6.75. The minimum Gasteiger partial charge on any atom is -0.465 e. The van der Waals surface area contributed by atoms with Gasteiger partial charge in [0.15, 0.2) is 0 Å². The smallest absolute Gasteiger partial charge is 0.339 e. The van der Waals surface area contributed by atoms with Gasteiger partial charge in [-0.15, -0.1) is 0 Å². The Kier molecular flexibility index (Phi) is 5.77. The summed E-state index contributed by atoms with van der Waals surface area (Å²) in [5.41, 5.74) is 0.487. The summed E-state index contributed by atoms with van der Waals surface area (Å²) in [7, 11) is 1.26. The lowest BCUT2D eigenvalue weighted by Crippen LogP contribution is -2.44. The van der Waals surface area contributed by atoms with Gasteiger partial charge < -0.3 is 14.8 Å². The van der Waals surface area contributed by atoms with Crippen molar-refractivity contribution < 1.29 is 23.5 Å². The molecule has 1 amide bonds. The average molecular weight is 392 g/mol. The predicted molar refractivity (Wildman–Crippen MR) is 99.6 cm³/mol. The number of carbonyl (C=O) groups excluding carboxylic acids is 2. The molecule has 0 radical (unpaired) electrons. The SMILES string of the molecule is COC(=O)c1cc(NC(=O)C2(c3ccc(F)cc3)CCOCC2)ccc1Cl. The van der Waals surface area contributed by atoms with E-state index in [-0.39, 0.29) is 22.3 Å². The Morgan fingerprint density at radius 2 is 1.81 bits per heavy atom. The lowest BCUT2D eigenvalue weighted by atomic mass is 9.73. The average Bonchev–Trinajstić information content (AvgIpc) is 2.69. The maximum absolute atomic E-state index is 13.3. The molecule has 0 aromatic heterocycles. The number of esters is 1. The highest BCUT2D eigenvalue weighted by Crippen LogP contribution is 2.36. The molecule has 2 aromatic rings. The second-order valence-electron chi connectivity index (χ2n) is 6.34. The summed E-state index contributed by atoms with van der Waals surface area (Å²) in [6, 6.07) is 10.6. The third kappa shape index (κ3) is 3.96. The number of methoxy groups -OCH3 is 1. The molecule has 0 aliphatic carbocycles. The van der Waals surface area contributed by atoms with Crippen LogP contribution in [0.4, 0.5) is 10.1 Å². The molecule has 5 nitrogen and oxygen atoms in total. The van der Waals surface area contributed by atoms with Gasteiger partial charge in [-0.1, -0.05) is 23.7 Å². The summed E-state index contributed by atoms with van der Waals surface area (Å²) >= 11 is 6.03. The zero-order valence-electron chi connectivity index (χ0n) is 14.8. The number of ether oxygens (including phenoxy) is 2. The summed E-state index contributed by atoms with van der Waals surface area (Å²) in [6.45, 7) is 0.859. The molecule has 142 valence electrons. The van der Waals surface area contributed by atoms with Crippen LogP contribution < -0.4 is 5.32 Å². The van der Waals surface area contributed by atoms with E-state index in [0.29, 0.717) is 31.7 Å². The van der Waals surface area contributed by atoms with Crippen molar-refractivity contribution in [2.24, 2.45) is 0 Å². The number of halogens is 2. The monoisotopic (exact) mass is 391 g/mol. The van der Waals surface area contributed by atoms with Crippen LogP contribution in [-0.2, 0) is 19.7 Å². The van der Waals surface area contributed by atoms with Gasteiger partial charge in [-0.2, -0.15) is 0 Å². The number of anilines is 1. The maximum atomic E-state index is 13.3. The van der Waals surface area contributed by atoms with Gasteiger partial charge >= 0.3 is 5.97 Å². The Balaban J connectivity index is 1.92. The first kappa shape index (κ1) is 19.3. The van der Waals surface area contributed by atoms with Crippen LogP contribution in [0.2, 0.25) is 5.02 Å². The first-order chi connectivity index (χ1) is 13.0. The Hall–Kier alpha value is -2.44. The molecule has 0 bridgehead atoms. The molecule has 27 heavy (non-hydrogen) atoms. The Labute approximate surface area is 161 Å². The largest absolute Gasteiger partial charge is 0.465 e. The highest BCUT2D eigenvalue weighted by Gasteiger charge is 2.41. The van der Waals surface area contributed by atoms with Crippen LogP contribution in [0.3, 0.4) is 0 Å². The van der Waals surface area contributed by atoms with E-state index in [4.69, 9.17) is 21.1 Å². The Bertz CT molecular complexity index is 848. The number of amides is 1. The highest BCUT2D eigenvalue weighted by atomic mass is 35.5.